The van der Waals surface area contributed by atoms with Crippen LogP contribution in [0.25, 0.3) is 0 Å². The normalized spacial score (nSPS) is 9.92. The van der Waals surface area contributed by atoms with E-state index >= 15 is 0 Å². The Hall–Kier alpha value is -0.760. The Morgan fingerprint density at radius 2 is 2.33 bits per heavy atom. The molecule has 0 radical (unpaired) electrons. The highest BCUT2D eigenvalue weighted by atomic mass is 35.5. The van der Waals surface area contributed by atoms with Crippen LogP contribution in [0.15, 0.2) is 18.3 Å². The molecule has 1 aromatic rings. The fourth-order valence-corrected chi connectivity index (χ4v) is 1.26. The molecule has 0 unspecified atom stereocenters. The van der Waals surface area contributed by atoms with Crippen LogP contribution in [0.4, 0.5) is 5.69 Å². The molecule has 0 bridgehead atoms. The second-order valence-electron chi connectivity index (χ2n) is 2.76. The summed E-state index contributed by atoms with van der Waals surface area (Å²) in [6.45, 7) is 3.19. The maximum absolute atomic E-state index is 5.75. The SMILES string of the molecule is CCCN(C)c1ccnc(Cl)c1. The van der Waals surface area contributed by atoms with E-state index in [0.717, 1.165) is 18.7 Å². The lowest BCUT2D eigenvalue weighted by Crippen LogP contribution is -2.17. The van der Waals surface area contributed by atoms with Crippen molar-refractivity contribution in [2.24, 2.45) is 0 Å². The van der Waals surface area contributed by atoms with Crippen LogP contribution in [-0.2, 0) is 0 Å². The highest BCUT2D eigenvalue weighted by Crippen LogP contribution is 2.15. The number of hydrogen-bond donors (Lipinski definition) is 0. The second-order valence-corrected chi connectivity index (χ2v) is 3.15. The van der Waals surface area contributed by atoms with E-state index in [4.69, 9.17) is 11.6 Å². The minimum Gasteiger partial charge on any atom is -0.374 e. The third kappa shape index (κ3) is 2.38. The summed E-state index contributed by atoms with van der Waals surface area (Å²) in [5.41, 5.74) is 1.12. The van der Waals surface area contributed by atoms with Gasteiger partial charge in [-0.05, 0) is 18.6 Å². The summed E-state index contributed by atoms with van der Waals surface area (Å²) in [5.74, 6) is 0. The van der Waals surface area contributed by atoms with Crippen molar-refractivity contribution in [2.45, 2.75) is 13.3 Å². The van der Waals surface area contributed by atoms with E-state index in [0.29, 0.717) is 5.15 Å². The van der Waals surface area contributed by atoms with Gasteiger partial charge >= 0.3 is 0 Å². The number of pyridine rings is 1. The smallest absolute Gasteiger partial charge is 0.131 e. The number of anilines is 1. The lowest BCUT2D eigenvalue weighted by Gasteiger charge is -2.17. The van der Waals surface area contributed by atoms with Crippen molar-refractivity contribution in [3.63, 3.8) is 0 Å². The Morgan fingerprint density at radius 3 is 2.92 bits per heavy atom. The predicted octanol–water partition coefficient (Wildman–Crippen LogP) is 2.58. The molecule has 1 aromatic heterocycles. The molecule has 2 nitrogen and oxygen atoms in total. The van der Waals surface area contributed by atoms with Crippen LogP contribution < -0.4 is 4.90 Å². The zero-order chi connectivity index (χ0) is 8.97. The fraction of sp³-hybridized carbons (Fsp3) is 0.444. The maximum Gasteiger partial charge on any atom is 0.131 e. The molecule has 0 aromatic carbocycles. The summed E-state index contributed by atoms with van der Waals surface area (Å²) in [5, 5.41) is 0.551. The number of halogens is 1. The van der Waals surface area contributed by atoms with E-state index in [9.17, 15) is 0 Å². The highest BCUT2D eigenvalue weighted by molar-refractivity contribution is 6.29. The van der Waals surface area contributed by atoms with Gasteiger partial charge in [0.25, 0.3) is 0 Å². The minimum atomic E-state index is 0.551. The first-order valence-electron chi connectivity index (χ1n) is 4.06. The van der Waals surface area contributed by atoms with Crippen LogP contribution in [0, 0.1) is 0 Å². The molecule has 66 valence electrons. The van der Waals surface area contributed by atoms with E-state index < -0.39 is 0 Å². The van der Waals surface area contributed by atoms with E-state index in [2.05, 4.69) is 23.9 Å². The van der Waals surface area contributed by atoms with Crippen molar-refractivity contribution >= 4 is 17.3 Å². The van der Waals surface area contributed by atoms with Crippen molar-refractivity contribution in [3.8, 4) is 0 Å². The highest BCUT2D eigenvalue weighted by Gasteiger charge is 1.99. The molecule has 0 amide bonds. The molecule has 0 aliphatic carbocycles. The fourth-order valence-electron chi connectivity index (χ4n) is 1.09. The summed E-state index contributed by atoms with van der Waals surface area (Å²) in [4.78, 5) is 6.08. The molecule has 0 N–H and O–H groups in total. The van der Waals surface area contributed by atoms with Crippen LogP contribution in [0.5, 0.6) is 0 Å². The zero-order valence-corrected chi connectivity index (χ0v) is 8.17. The average Bonchev–Trinajstić information content (AvgIpc) is 2.05. The Morgan fingerprint density at radius 1 is 1.58 bits per heavy atom. The van der Waals surface area contributed by atoms with Gasteiger partial charge in [-0.1, -0.05) is 18.5 Å². The quantitative estimate of drug-likeness (QED) is 0.672. The molecular weight excluding hydrogens is 172 g/mol. The van der Waals surface area contributed by atoms with Crippen LogP contribution in [-0.4, -0.2) is 18.6 Å². The Labute approximate surface area is 78.2 Å². The van der Waals surface area contributed by atoms with Gasteiger partial charge in [-0.3, -0.25) is 0 Å². The Balaban J connectivity index is 2.73. The van der Waals surface area contributed by atoms with Gasteiger partial charge in [-0.25, -0.2) is 4.98 Å². The summed E-state index contributed by atoms with van der Waals surface area (Å²) in [7, 11) is 2.05. The summed E-state index contributed by atoms with van der Waals surface area (Å²) in [6, 6.07) is 3.83. The first kappa shape index (κ1) is 9.33. The summed E-state index contributed by atoms with van der Waals surface area (Å²) >= 11 is 5.75. The van der Waals surface area contributed by atoms with Gasteiger partial charge in [0.05, 0.1) is 0 Å². The third-order valence-corrected chi connectivity index (χ3v) is 1.92. The molecule has 0 saturated heterocycles. The number of hydrogen-bond acceptors (Lipinski definition) is 2. The van der Waals surface area contributed by atoms with Gasteiger partial charge in [0, 0.05) is 25.5 Å². The zero-order valence-electron chi connectivity index (χ0n) is 7.42. The summed E-state index contributed by atoms with van der Waals surface area (Å²) < 4.78 is 0. The van der Waals surface area contributed by atoms with Crippen molar-refractivity contribution in [3.05, 3.63) is 23.5 Å². The van der Waals surface area contributed by atoms with E-state index in [1.165, 1.54) is 0 Å². The number of aromatic nitrogens is 1. The molecule has 3 heteroatoms. The average molecular weight is 185 g/mol. The van der Waals surface area contributed by atoms with E-state index in [-0.39, 0.29) is 0 Å². The van der Waals surface area contributed by atoms with Gasteiger partial charge in [0.15, 0.2) is 0 Å². The second kappa shape index (κ2) is 4.31. The molecule has 0 saturated carbocycles. The van der Waals surface area contributed by atoms with Gasteiger partial charge in [0.1, 0.15) is 5.15 Å². The van der Waals surface area contributed by atoms with Gasteiger partial charge in [-0.2, -0.15) is 0 Å². The van der Waals surface area contributed by atoms with Crippen LogP contribution in [0.3, 0.4) is 0 Å². The standard InChI is InChI=1S/C9H13ClN2/c1-3-6-12(2)8-4-5-11-9(10)7-8/h4-5,7H,3,6H2,1-2H3. The lowest BCUT2D eigenvalue weighted by molar-refractivity contribution is 0.851. The predicted molar refractivity (Wildman–Crippen MR) is 52.8 cm³/mol. The van der Waals surface area contributed by atoms with Crippen LogP contribution >= 0.6 is 11.6 Å². The van der Waals surface area contributed by atoms with Crippen molar-refractivity contribution in [1.29, 1.82) is 0 Å². The Kier molecular flexibility index (Phi) is 3.35. The van der Waals surface area contributed by atoms with Crippen molar-refractivity contribution in [2.75, 3.05) is 18.5 Å². The van der Waals surface area contributed by atoms with Gasteiger partial charge in [0.2, 0.25) is 0 Å². The van der Waals surface area contributed by atoms with Crippen molar-refractivity contribution in [1.82, 2.24) is 4.98 Å². The molecule has 0 spiro atoms. The van der Waals surface area contributed by atoms with Crippen LogP contribution in [0.1, 0.15) is 13.3 Å². The maximum atomic E-state index is 5.75. The topological polar surface area (TPSA) is 16.1 Å². The molecule has 0 aliphatic heterocycles. The minimum absolute atomic E-state index is 0.551. The molecule has 0 aliphatic rings. The van der Waals surface area contributed by atoms with Crippen LogP contribution in [0.2, 0.25) is 5.15 Å². The van der Waals surface area contributed by atoms with E-state index in [1.54, 1.807) is 6.20 Å². The van der Waals surface area contributed by atoms with Crippen molar-refractivity contribution < 1.29 is 0 Å². The third-order valence-electron chi connectivity index (χ3n) is 1.71. The molecule has 1 heterocycles. The molecule has 0 fully saturated rings. The van der Waals surface area contributed by atoms with E-state index in [1.807, 2.05) is 12.1 Å². The first-order valence-corrected chi connectivity index (χ1v) is 4.44. The molecule has 1 rings (SSSR count). The lowest BCUT2D eigenvalue weighted by atomic mass is 10.3. The van der Waals surface area contributed by atoms with Gasteiger partial charge in [-0.15, -0.1) is 0 Å². The Bertz CT molecular complexity index is 250. The molecule has 12 heavy (non-hydrogen) atoms. The summed E-state index contributed by atoms with van der Waals surface area (Å²) in [6.07, 6.45) is 2.86. The van der Waals surface area contributed by atoms with Gasteiger partial charge < -0.3 is 4.90 Å². The monoisotopic (exact) mass is 184 g/mol. The molecule has 0 atom stereocenters. The number of nitrogens with zero attached hydrogens (tertiary/aromatic N) is 2. The first-order chi connectivity index (χ1) is 5.74. The largest absolute Gasteiger partial charge is 0.374 e. The number of rotatable bonds is 3. The molecular formula is C9H13ClN2.